The first-order chi connectivity index (χ1) is 10.0. The maximum Gasteiger partial charge on any atom is 0.285 e. The fraction of sp³-hybridized carbons (Fsp3) is 0.462. The summed E-state index contributed by atoms with van der Waals surface area (Å²) in [5, 5.41) is 16.4. The van der Waals surface area contributed by atoms with Gasteiger partial charge in [-0.25, -0.2) is 4.39 Å². The van der Waals surface area contributed by atoms with E-state index in [9.17, 15) is 19.3 Å². The number of nitrogens with zero attached hydrogens (tertiary/aromatic N) is 1. The maximum absolute atomic E-state index is 13.7. The summed E-state index contributed by atoms with van der Waals surface area (Å²) in [6.07, 6.45) is 0.654. The molecule has 1 aromatic carbocycles. The van der Waals surface area contributed by atoms with Crippen LogP contribution >= 0.6 is 0 Å². The number of amides is 1. The average molecular weight is 297 g/mol. The van der Waals surface area contributed by atoms with Crippen LogP contribution in [0.3, 0.4) is 0 Å². The highest BCUT2D eigenvalue weighted by Crippen LogP contribution is 2.26. The van der Waals surface area contributed by atoms with Crippen molar-refractivity contribution in [1.29, 1.82) is 0 Å². The number of ether oxygens (including phenoxy) is 1. The molecular formula is C13H16FN3O4. The number of anilines is 1. The van der Waals surface area contributed by atoms with Crippen LogP contribution in [0.5, 0.6) is 0 Å². The molecule has 7 nitrogen and oxygen atoms in total. The molecule has 114 valence electrons. The van der Waals surface area contributed by atoms with Gasteiger partial charge in [0.1, 0.15) is 5.56 Å². The number of carbonyl (C=O) groups excluding carboxylic acids is 1. The van der Waals surface area contributed by atoms with Crippen LogP contribution in [0.2, 0.25) is 0 Å². The Kier molecular flexibility index (Phi) is 4.69. The molecule has 1 aliphatic heterocycles. The number of nitro groups is 1. The van der Waals surface area contributed by atoms with Crippen LogP contribution in [0.1, 0.15) is 23.7 Å². The molecule has 1 atom stereocenters. The monoisotopic (exact) mass is 297 g/mol. The lowest BCUT2D eigenvalue weighted by Crippen LogP contribution is -2.35. The zero-order chi connectivity index (χ0) is 15.4. The lowest BCUT2D eigenvalue weighted by atomic mass is 10.1. The summed E-state index contributed by atoms with van der Waals surface area (Å²) in [6, 6.07) is 1.75. The SMILES string of the molecule is CCNc1cc(C(=O)NC2CCOC2)c([N+](=O)[O-])cc1F. The molecule has 0 radical (unpaired) electrons. The smallest absolute Gasteiger partial charge is 0.285 e. The minimum Gasteiger partial charge on any atom is -0.383 e. The van der Waals surface area contributed by atoms with Crippen LogP contribution in [0, 0.1) is 15.9 Å². The fourth-order valence-electron chi connectivity index (χ4n) is 2.13. The molecular weight excluding hydrogens is 281 g/mol. The summed E-state index contributed by atoms with van der Waals surface area (Å²) < 4.78 is 18.9. The van der Waals surface area contributed by atoms with Crippen molar-refractivity contribution >= 4 is 17.3 Å². The van der Waals surface area contributed by atoms with Gasteiger partial charge in [-0.15, -0.1) is 0 Å². The van der Waals surface area contributed by atoms with Crippen LogP contribution in [0.25, 0.3) is 0 Å². The second kappa shape index (κ2) is 6.49. The number of carbonyl (C=O) groups is 1. The predicted octanol–water partition coefficient (Wildman–Crippen LogP) is 1.68. The first kappa shape index (κ1) is 15.2. The number of benzene rings is 1. The molecule has 0 bridgehead atoms. The zero-order valence-electron chi connectivity index (χ0n) is 11.5. The Morgan fingerprint density at radius 1 is 1.57 bits per heavy atom. The van der Waals surface area contributed by atoms with Gasteiger partial charge < -0.3 is 15.4 Å². The van der Waals surface area contributed by atoms with E-state index < -0.39 is 22.3 Å². The molecule has 8 heteroatoms. The molecule has 0 saturated carbocycles. The molecule has 0 aromatic heterocycles. The average Bonchev–Trinajstić information content (AvgIpc) is 2.93. The maximum atomic E-state index is 13.7. The summed E-state index contributed by atoms with van der Waals surface area (Å²) in [6.45, 7) is 3.11. The Hall–Kier alpha value is -2.22. The molecule has 1 aromatic rings. The highest BCUT2D eigenvalue weighted by molar-refractivity contribution is 5.99. The van der Waals surface area contributed by atoms with Gasteiger partial charge in [0, 0.05) is 13.2 Å². The van der Waals surface area contributed by atoms with Crippen molar-refractivity contribution in [2.24, 2.45) is 0 Å². The molecule has 21 heavy (non-hydrogen) atoms. The van der Waals surface area contributed by atoms with Crippen LogP contribution in [-0.4, -0.2) is 36.6 Å². The molecule has 1 saturated heterocycles. The van der Waals surface area contributed by atoms with Gasteiger partial charge in [0.15, 0.2) is 5.82 Å². The third-order valence-electron chi connectivity index (χ3n) is 3.16. The van der Waals surface area contributed by atoms with Crippen molar-refractivity contribution in [3.63, 3.8) is 0 Å². The standard InChI is InChI=1S/C13H16FN3O4/c1-2-15-11-5-9(12(17(19)20)6-10(11)14)13(18)16-8-3-4-21-7-8/h5-6,8,15H,2-4,7H2,1H3,(H,16,18). The first-order valence-corrected chi connectivity index (χ1v) is 6.63. The van der Waals surface area contributed by atoms with Gasteiger partial charge in [-0.1, -0.05) is 0 Å². The van der Waals surface area contributed by atoms with Crippen LogP contribution in [-0.2, 0) is 4.74 Å². The molecule has 1 amide bonds. The number of rotatable bonds is 5. The Morgan fingerprint density at radius 2 is 2.33 bits per heavy atom. The summed E-state index contributed by atoms with van der Waals surface area (Å²) in [4.78, 5) is 22.4. The predicted molar refractivity (Wildman–Crippen MR) is 73.9 cm³/mol. The van der Waals surface area contributed by atoms with Gasteiger partial charge in [-0.2, -0.15) is 0 Å². The number of hydrogen-bond acceptors (Lipinski definition) is 5. The lowest BCUT2D eigenvalue weighted by Gasteiger charge is -2.12. The second-order valence-corrected chi connectivity index (χ2v) is 4.67. The number of hydrogen-bond donors (Lipinski definition) is 2. The highest BCUT2D eigenvalue weighted by Gasteiger charge is 2.26. The highest BCUT2D eigenvalue weighted by atomic mass is 19.1. The van der Waals surface area contributed by atoms with Crippen LogP contribution in [0.4, 0.5) is 15.8 Å². The Balaban J connectivity index is 2.31. The fourth-order valence-corrected chi connectivity index (χ4v) is 2.13. The Labute approximate surface area is 120 Å². The van der Waals surface area contributed by atoms with Crippen molar-refractivity contribution in [1.82, 2.24) is 5.32 Å². The summed E-state index contributed by atoms with van der Waals surface area (Å²) in [5.41, 5.74) is -0.647. The molecule has 1 heterocycles. The van der Waals surface area contributed by atoms with E-state index in [2.05, 4.69) is 10.6 Å². The van der Waals surface area contributed by atoms with Gasteiger partial charge in [0.2, 0.25) is 0 Å². The van der Waals surface area contributed by atoms with Gasteiger partial charge in [0.25, 0.3) is 11.6 Å². The Morgan fingerprint density at radius 3 is 2.90 bits per heavy atom. The van der Waals surface area contributed by atoms with Crippen molar-refractivity contribution in [2.75, 3.05) is 25.1 Å². The summed E-state index contributed by atoms with van der Waals surface area (Å²) >= 11 is 0. The zero-order valence-corrected chi connectivity index (χ0v) is 11.5. The van der Waals surface area contributed by atoms with E-state index in [-0.39, 0.29) is 17.3 Å². The van der Waals surface area contributed by atoms with Gasteiger partial charge in [0.05, 0.1) is 29.3 Å². The van der Waals surface area contributed by atoms with E-state index in [1.165, 1.54) is 6.07 Å². The normalized spacial score (nSPS) is 17.5. The molecule has 1 fully saturated rings. The third kappa shape index (κ3) is 3.46. The van der Waals surface area contributed by atoms with E-state index in [0.717, 1.165) is 6.07 Å². The third-order valence-corrected chi connectivity index (χ3v) is 3.16. The lowest BCUT2D eigenvalue weighted by molar-refractivity contribution is -0.385. The molecule has 2 N–H and O–H groups in total. The minimum atomic E-state index is -0.765. The van der Waals surface area contributed by atoms with Gasteiger partial charge in [-0.3, -0.25) is 14.9 Å². The van der Waals surface area contributed by atoms with Crippen LogP contribution in [0.15, 0.2) is 12.1 Å². The van der Waals surface area contributed by atoms with E-state index in [4.69, 9.17) is 4.74 Å². The van der Waals surface area contributed by atoms with E-state index in [0.29, 0.717) is 26.2 Å². The van der Waals surface area contributed by atoms with Crippen molar-refractivity contribution in [3.8, 4) is 0 Å². The van der Waals surface area contributed by atoms with Gasteiger partial charge >= 0.3 is 0 Å². The summed E-state index contributed by atoms with van der Waals surface area (Å²) in [5.74, 6) is -1.36. The molecule has 2 rings (SSSR count). The van der Waals surface area contributed by atoms with Crippen molar-refractivity contribution < 1.29 is 18.8 Å². The quantitative estimate of drug-likeness (QED) is 0.637. The Bertz CT molecular complexity index is 559. The molecule has 1 aliphatic rings. The summed E-state index contributed by atoms with van der Waals surface area (Å²) in [7, 11) is 0. The van der Waals surface area contributed by atoms with Crippen LogP contribution < -0.4 is 10.6 Å². The topological polar surface area (TPSA) is 93.5 Å². The largest absolute Gasteiger partial charge is 0.383 e. The van der Waals surface area contributed by atoms with E-state index >= 15 is 0 Å². The number of nitro benzene ring substituents is 1. The second-order valence-electron chi connectivity index (χ2n) is 4.67. The number of halogens is 1. The van der Waals surface area contributed by atoms with E-state index in [1.807, 2.05) is 0 Å². The molecule has 1 unspecified atom stereocenters. The van der Waals surface area contributed by atoms with E-state index in [1.54, 1.807) is 6.92 Å². The minimum absolute atomic E-state index is 0.0657. The van der Waals surface area contributed by atoms with Gasteiger partial charge in [-0.05, 0) is 19.4 Å². The van der Waals surface area contributed by atoms with Crippen molar-refractivity contribution in [3.05, 3.63) is 33.6 Å². The number of nitrogens with one attached hydrogen (secondary N) is 2. The molecule has 0 aliphatic carbocycles. The van der Waals surface area contributed by atoms with Crippen molar-refractivity contribution in [2.45, 2.75) is 19.4 Å². The molecule has 0 spiro atoms. The first-order valence-electron chi connectivity index (χ1n) is 6.63.